The van der Waals surface area contributed by atoms with E-state index in [0.29, 0.717) is 5.69 Å². The van der Waals surface area contributed by atoms with E-state index in [9.17, 15) is 9.59 Å². The lowest BCUT2D eigenvalue weighted by molar-refractivity contribution is -0.120. The molecule has 29 heavy (non-hydrogen) atoms. The number of hydrogen-bond donors (Lipinski definition) is 3. The minimum Gasteiger partial charge on any atom is -0.335 e. The van der Waals surface area contributed by atoms with Gasteiger partial charge in [-0.25, -0.2) is 10.4 Å². The number of imidazole rings is 1. The van der Waals surface area contributed by atoms with Crippen LogP contribution in [-0.4, -0.2) is 31.6 Å². The number of carbonyl (C=O) groups excluding carboxylic acids is 1. The highest BCUT2D eigenvalue weighted by atomic mass is 32.1. The minimum atomic E-state index is -0.362. The van der Waals surface area contributed by atoms with Crippen LogP contribution in [0.3, 0.4) is 0 Å². The molecule has 8 nitrogen and oxygen atoms in total. The molecule has 0 radical (unpaired) electrons. The van der Waals surface area contributed by atoms with Crippen LogP contribution in [-0.2, 0) is 11.2 Å². The first-order valence-corrected chi connectivity index (χ1v) is 9.16. The summed E-state index contributed by atoms with van der Waals surface area (Å²) in [7, 11) is 0. The van der Waals surface area contributed by atoms with E-state index in [-0.39, 0.29) is 22.7 Å². The lowest BCUT2D eigenvalue weighted by atomic mass is 10.2. The van der Waals surface area contributed by atoms with Crippen LogP contribution in [0.1, 0.15) is 11.3 Å². The van der Waals surface area contributed by atoms with E-state index >= 15 is 0 Å². The fourth-order valence-corrected chi connectivity index (χ4v) is 3.12. The standard InChI is InChI=1S/C20H16N6O2S/c27-18-9-14(23-20(29)24-18)10-19(28)25-22-11-13-5-7-15(8-6-13)26-12-21-16-3-1-2-4-17(16)26/h1-9,11-12H,10H2,(H,25,28)(H2,23,24,27,29)/b22-11-. The number of H-pyrrole nitrogens is 2. The van der Waals surface area contributed by atoms with Crippen molar-refractivity contribution in [2.45, 2.75) is 6.42 Å². The van der Waals surface area contributed by atoms with Crippen LogP contribution in [0.4, 0.5) is 0 Å². The number of nitrogens with zero attached hydrogens (tertiary/aromatic N) is 3. The SMILES string of the molecule is O=C(Cc1cc(=O)[nH]c(=S)[nH]1)N/N=C\c1ccc(-n2cnc3ccccc32)cc1. The van der Waals surface area contributed by atoms with Gasteiger partial charge in [0.15, 0.2) is 4.77 Å². The Morgan fingerprint density at radius 2 is 1.97 bits per heavy atom. The number of benzene rings is 2. The lowest BCUT2D eigenvalue weighted by Gasteiger charge is -2.04. The number of nitrogens with one attached hydrogen (secondary N) is 3. The fourth-order valence-electron chi connectivity index (χ4n) is 2.89. The van der Waals surface area contributed by atoms with Gasteiger partial charge in [0, 0.05) is 17.4 Å². The predicted molar refractivity (Wildman–Crippen MR) is 113 cm³/mol. The van der Waals surface area contributed by atoms with E-state index in [1.807, 2.05) is 53.1 Å². The van der Waals surface area contributed by atoms with Gasteiger partial charge in [-0.05, 0) is 42.0 Å². The first kappa shape index (κ1) is 18.5. The monoisotopic (exact) mass is 404 g/mol. The molecular weight excluding hydrogens is 388 g/mol. The summed E-state index contributed by atoms with van der Waals surface area (Å²) in [6.45, 7) is 0. The molecule has 0 spiro atoms. The number of fused-ring (bicyclic) bond motifs is 1. The number of para-hydroxylation sites is 2. The van der Waals surface area contributed by atoms with Crippen LogP contribution >= 0.6 is 12.2 Å². The second-order valence-electron chi connectivity index (χ2n) is 6.28. The van der Waals surface area contributed by atoms with Gasteiger partial charge in [-0.15, -0.1) is 0 Å². The van der Waals surface area contributed by atoms with Crippen molar-refractivity contribution in [1.29, 1.82) is 0 Å². The predicted octanol–water partition coefficient (Wildman–Crippen LogP) is 2.46. The number of amides is 1. The Hall–Kier alpha value is -3.85. The summed E-state index contributed by atoms with van der Waals surface area (Å²) < 4.78 is 2.18. The van der Waals surface area contributed by atoms with Crippen molar-refractivity contribution in [3.8, 4) is 5.69 Å². The highest BCUT2D eigenvalue weighted by Crippen LogP contribution is 2.17. The second kappa shape index (κ2) is 8.03. The molecule has 1 amide bonds. The number of carbonyl (C=O) groups is 1. The molecule has 3 N–H and O–H groups in total. The summed E-state index contributed by atoms with van der Waals surface area (Å²) in [5.41, 5.74) is 6.26. The molecule has 0 aliphatic heterocycles. The van der Waals surface area contributed by atoms with Gasteiger partial charge in [0.1, 0.15) is 6.33 Å². The van der Waals surface area contributed by atoms with Gasteiger partial charge in [0.25, 0.3) is 5.56 Å². The van der Waals surface area contributed by atoms with Crippen LogP contribution in [0, 0.1) is 4.77 Å². The molecule has 0 saturated carbocycles. The van der Waals surface area contributed by atoms with E-state index in [1.165, 1.54) is 6.07 Å². The summed E-state index contributed by atoms with van der Waals surface area (Å²) in [6.07, 6.45) is 3.30. The van der Waals surface area contributed by atoms with Crippen molar-refractivity contribution in [2.75, 3.05) is 0 Å². The van der Waals surface area contributed by atoms with Crippen LogP contribution in [0.5, 0.6) is 0 Å². The number of hydrogen-bond acceptors (Lipinski definition) is 5. The highest BCUT2D eigenvalue weighted by Gasteiger charge is 2.05. The Bertz CT molecular complexity index is 1290. The van der Waals surface area contributed by atoms with Gasteiger partial charge >= 0.3 is 0 Å². The summed E-state index contributed by atoms with van der Waals surface area (Å²) in [6, 6.07) is 16.9. The molecule has 4 aromatic rings. The molecule has 0 aliphatic carbocycles. The van der Waals surface area contributed by atoms with Crippen LogP contribution < -0.4 is 11.0 Å². The molecule has 9 heteroatoms. The van der Waals surface area contributed by atoms with Crippen molar-refractivity contribution in [3.63, 3.8) is 0 Å². The van der Waals surface area contributed by atoms with Gasteiger partial charge in [-0.1, -0.05) is 24.3 Å². The van der Waals surface area contributed by atoms with Crippen LogP contribution in [0.2, 0.25) is 0 Å². The topological polar surface area (TPSA) is 108 Å². The van der Waals surface area contributed by atoms with Crippen molar-refractivity contribution in [3.05, 3.63) is 87.3 Å². The van der Waals surface area contributed by atoms with E-state index < -0.39 is 0 Å². The zero-order valence-electron chi connectivity index (χ0n) is 15.1. The first-order valence-electron chi connectivity index (χ1n) is 8.75. The van der Waals surface area contributed by atoms with Crippen molar-refractivity contribution in [1.82, 2.24) is 24.9 Å². The molecule has 2 aromatic heterocycles. The van der Waals surface area contributed by atoms with Crippen molar-refractivity contribution < 1.29 is 4.79 Å². The number of hydrazone groups is 1. The number of rotatable bonds is 5. The molecule has 0 saturated heterocycles. The van der Waals surface area contributed by atoms with E-state index in [0.717, 1.165) is 22.3 Å². The average Bonchev–Trinajstić information content (AvgIpc) is 3.12. The third kappa shape index (κ3) is 4.36. The average molecular weight is 404 g/mol. The van der Waals surface area contributed by atoms with E-state index in [1.54, 1.807) is 12.5 Å². The third-order valence-electron chi connectivity index (χ3n) is 4.19. The van der Waals surface area contributed by atoms with Crippen molar-refractivity contribution >= 4 is 35.4 Å². The van der Waals surface area contributed by atoms with Gasteiger partial charge in [0.05, 0.1) is 23.7 Å². The largest absolute Gasteiger partial charge is 0.335 e. The maximum absolute atomic E-state index is 12.0. The quantitative estimate of drug-likeness (QED) is 0.270. The van der Waals surface area contributed by atoms with Gasteiger partial charge in [-0.3, -0.25) is 19.1 Å². The number of aromatic nitrogens is 4. The zero-order valence-corrected chi connectivity index (χ0v) is 15.9. The Labute approximate surface area is 169 Å². The Morgan fingerprint density at radius 3 is 2.76 bits per heavy atom. The summed E-state index contributed by atoms with van der Waals surface area (Å²) in [4.78, 5) is 32.9. The summed E-state index contributed by atoms with van der Waals surface area (Å²) in [5, 5.41) is 3.96. The maximum atomic E-state index is 12.0. The normalized spacial score (nSPS) is 11.2. The highest BCUT2D eigenvalue weighted by molar-refractivity contribution is 7.71. The summed E-state index contributed by atoms with van der Waals surface area (Å²) in [5.74, 6) is -0.362. The molecule has 2 heterocycles. The molecule has 0 unspecified atom stereocenters. The molecule has 0 aliphatic rings. The van der Waals surface area contributed by atoms with Gasteiger partial charge < -0.3 is 4.98 Å². The molecule has 144 valence electrons. The summed E-state index contributed by atoms with van der Waals surface area (Å²) >= 11 is 4.88. The van der Waals surface area contributed by atoms with E-state index in [2.05, 4.69) is 25.5 Å². The van der Waals surface area contributed by atoms with Gasteiger partial charge in [-0.2, -0.15) is 5.10 Å². The van der Waals surface area contributed by atoms with Crippen LogP contribution in [0.15, 0.2) is 70.8 Å². The van der Waals surface area contributed by atoms with E-state index in [4.69, 9.17) is 12.2 Å². The Balaban J connectivity index is 1.41. The fraction of sp³-hybridized carbons (Fsp3) is 0.0500. The molecule has 0 atom stereocenters. The number of aromatic amines is 2. The molecular formula is C20H16N6O2S. The Kier molecular flexibility index (Phi) is 5.12. The smallest absolute Gasteiger partial charge is 0.251 e. The molecule has 0 bridgehead atoms. The first-order chi connectivity index (χ1) is 14.1. The van der Waals surface area contributed by atoms with Crippen molar-refractivity contribution in [2.24, 2.45) is 5.10 Å². The third-order valence-corrected chi connectivity index (χ3v) is 4.40. The maximum Gasteiger partial charge on any atom is 0.251 e. The molecule has 2 aromatic carbocycles. The lowest BCUT2D eigenvalue weighted by Crippen LogP contribution is -2.21. The Morgan fingerprint density at radius 1 is 1.17 bits per heavy atom. The second-order valence-corrected chi connectivity index (χ2v) is 6.69. The minimum absolute atomic E-state index is 0.0302. The zero-order chi connectivity index (χ0) is 20.2. The van der Waals surface area contributed by atoms with Crippen LogP contribution in [0.25, 0.3) is 16.7 Å². The molecule has 4 rings (SSSR count). The van der Waals surface area contributed by atoms with Gasteiger partial charge in [0.2, 0.25) is 5.91 Å². The molecule has 0 fully saturated rings.